The van der Waals surface area contributed by atoms with Crippen LogP contribution in [0.25, 0.3) is 0 Å². The molecule has 0 heterocycles. The minimum Gasteiger partial charge on any atom is -0.481 e. The Hall–Kier alpha value is -2.49. The number of rotatable bonds is 6. The van der Waals surface area contributed by atoms with Crippen molar-refractivity contribution in [2.45, 2.75) is 46.5 Å². The van der Waals surface area contributed by atoms with Crippen molar-refractivity contribution in [3.8, 4) is 0 Å². The summed E-state index contributed by atoms with van der Waals surface area (Å²) in [6, 6.07) is 7.78. The number of carbonyl (C=O) groups is 3. The van der Waals surface area contributed by atoms with Gasteiger partial charge in [0, 0.05) is 35.1 Å². The molecular weight excluding hydrogens is 304 g/mol. The molecule has 0 atom stereocenters. The van der Waals surface area contributed by atoms with Crippen molar-refractivity contribution in [1.82, 2.24) is 0 Å². The maximum absolute atomic E-state index is 12.5. The van der Waals surface area contributed by atoms with Gasteiger partial charge in [-0.1, -0.05) is 24.3 Å². The maximum atomic E-state index is 12.5. The third-order valence-corrected chi connectivity index (χ3v) is 4.54. The molecule has 4 nitrogen and oxygen atoms in total. The van der Waals surface area contributed by atoms with Crippen LogP contribution in [0, 0.1) is 0 Å². The van der Waals surface area contributed by atoms with E-state index in [1.165, 1.54) is 0 Å². The maximum Gasteiger partial charge on any atom is 0.303 e. The van der Waals surface area contributed by atoms with E-state index in [2.05, 4.69) is 0 Å². The minimum absolute atomic E-state index is 0.0547. The number of ketones is 2. The number of allylic oxidation sites excluding steroid dienone is 4. The summed E-state index contributed by atoms with van der Waals surface area (Å²) in [5, 5.41) is 8.71. The molecule has 0 amide bonds. The highest BCUT2D eigenvalue weighted by molar-refractivity contribution is 6.24. The summed E-state index contributed by atoms with van der Waals surface area (Å²) in [5.41, 5.74) is 4.16. The van der Waals surface area contributed by atoms with E-state index in [0.717, 1.165) is 11.1 Å². The monoisotopic (exact) mass is 326 g/mol. The summed E-state index contributed by atoms with van der Waals surface area (Å²) in [4.78, 5) is 35.3. The van der Waals surface area contributed by atoms with Gasteiger partial charge in [0.2, 0.25) is 0 Å². The average molecular weight is 326 g/mol. The highest BCUT2D eigenvalue weighted by atomic mass is 16.4. The molecule has 0 bridgehead atoms. The summed E-state index contributed by atoms with van der Waals surface area (Å²) < 4.78 is 0. The van der Waals surface area contributed by atoms with Gasteiger partial charge >= 0.3 is 5.97 Å². The van der Waals surface area contributed by atoms with Gasteiger partial charge in [0.1, 0.15) is 0 Å². The standard InChI is InChI=1S/C20H22O4/c1-12-13(2)20(24)17(14(3)19(12)23)11-16-8-4-6-15(10-16)7-5-9-18(21)22/h4,6,8,10H,5,7,9,11H2,1-3H3,(H,21,22). The van der Waals surface area contributed by atoms with Gasteiger partial charge < -0.3 is 5.11 Å². The van der Waals surface area contributed by atoms with E-state index >= 15 is 0 Å². The van der Waals surface area contributed by atoms with Gasteiger partial charge in [-0.2, -0.15) is 0 Å². The van der Waals surface area contributed by atoms with Crippen LogP contribution in [-0.2, 0) is 27.2 Å². The van der Waals surface area contributed by atoms with Crippen LogP contribution >= 0.6 is 0 Å². The molecule has 0 unspecified atom stereocenters. The van der Waals surface area contributed by atoms with Crippen LogP contribution in [0.2, 0.25) is 0 Å². The lowest BCUT2D eigenvalue weighted by atomic mass is 9.83. The lowest BCUT2D eigenvalue weighted by molar-refractivity contribution is -0.137. The van der Waals surface area contributed by atoms with Crippen LogP contribution in [0.3, 0.4) is 0 Å². The lowest BCUT2D eigenvalue weighted by Crippen LogP contribution is -2.21. The zero-order valence-corrected chi connectivity index (χ0v) is 14.3. The Morgan fingerprint density at radius 1 is 0.958 bits per heavy atom. The first kappa shape index (κ1) is 17.9. The van der Waals surface area contributed by atoms with Gasteiger partial charge in [-0.15, -0.1) is 0 Å². The largest absolute Gasteiger partial charge is 0.481 e. The fourth-order valence-electron chi connectivity index (χ4n) is 2.91. The smallest absolute Gasteiger partial charge is 0.303 e. The van der Waals surface area contributed by atoms with Gasteiger partial charge in [0.25, 0.3) is 0 Å². The predicted octanol–water partition coefficient (Wildman–Crippen LogP) is 3.44. The Bertz CT molecular complexity index is 766. The molecule has 0 aromatic heterocycles. The number of carbonyl (C=O) groups excluding carboxylic acids is 2. The van der Waals surface area contributed by atoms with Gasteiger partial charge in [-0.3, -0.25) is 14.4 Å². The second-order valence-electron chi connectivity index (χ2n) is 6.26. The van der Waals surface area contributed by atoms with Crippen LogP contribution in [-0.4, -0.2) is 22.6 Å². The normalized spacial score (nSPS) is 15.3. The van der Waals surface area contributed by atoms with E-state index in [-0.39, 0.29) is 18.0 Å². The molecule has 24 heavy (non-hydrogen) atoms. The van der Waals surface area contributed by atoms with Gasteiger partial charge in [-0.05, 0) is 44.7 Å². The molecule has 0 saturated carbocycles. The number of benzene rings is 1. The van der Waals surface area contributed by atoms with Crippen LogP contribution in [0.15, 0.2) is 46.6 Å². The fraction of sp³-hybridized carbons (Fsp3) is 0.350. The molecule has 1 aliphatic rings. The average Bonchev–Trinajstić information content (AvgIpc) is 2.55. The second kappa shape index (κ2) is 7.39. The molecule has 126 valence electrons. The SMILES string of the molecule is CC1=C(C)C(=O)C(Cc2cccc(CCCC(=O)O)c2)=C(C)C1=O. The number of aryl methyl sites for hydroxylation is 1. The molecule has 0 fully saturated rings. The van der Waals surface area contributed by atoms with E-state index in [0.29, 0.717) is 41.6 Å². The summed E-state index contributed by atoms with van der Waals surface area (Å²) in [6.07, 6.45) is 1.83. The number of hydrogen-bond acceptors (Lipinski definition) is 3. The van der Waals surface area contributed by atoms with E-state index in [4.69, 9.17) is 5.11 Å². The van der Waals surface area contributed by atoms with Gasteiger partial charge in [-0.25, -0.2) is 0 Å². The van der Waals surface area contributed by atoms with Gasteiger partial charge in [0.05, 0.1) is 0 Å². The van der Waals surface area contributed by atoms with Crippen molar-refractivity contribution >= 4 is 17.5 Å². The van der Waals surface area contributed by atoms with Crippen LogP contribution in [0.4, 0.5) is 0 Å². The second-order valence-corrected chi connectivity index (χ2v) is 6.26. The highest BCUT2D eigenvalue weighted by Crippen LogP contribution is 2.27. The zero-order chi connectivity index (χ0) is 17.9. The Labute approximate surface area is 141 Å². The molecule has 0 spiro atoms. The Morgan fingerprint density at radius 3 is 2.25 bits per heavy atom. The minimum atomic E-state index is -0.795. The number of aliphatic carboxylic acids is 1. The third kappa shape index (κ3) is 3.88. The van der Waals surface area contributed by atoms with E-state index < -0.39 is 5.97 Å². The van der Waals surface area contributed by atoms with Crippen molar-refractivity contribution in [3.63, 3.8) is 0 Å². The zero-order valence-electron chi connectivity index (χ0n) is 14.3. The number of Topliss-reactive ketones (excluding diaryl/α,β-unsaturated/α-hetero) is 2. The first-order valence-electron chi connectivity index (χ1n) is 8.07. The van der Waals surface area contributed by atoms with E-state index in [1.807, 2.05) is 24.3 Å². The predicted molar refractivity (Wildman–Crippen MR) is 91.8 cm³/mol. The molecule has 0 aliphatic heterocycles. The van der Waals surface area contributed by atoms with Crippen molar-refractivity contribution in [2.75, 3.05) is 0 Å². The Balaban J connectivity index is 2.18. The number of hydrogen-bond donors (Lipinski definition) is 1. The molecule has 4 heteroatoms. The first-order chi connectivity index (χ1) is 11.3. The molecule has 1 aromatic carbocycles. The fourth-order valence-corrected chi connectivity index (χ4v) is 2.91. The van der Waals surface area contributed by atoms with Crippen LogP contribution in [0.1, 0.15) is 44.7 Å². The van der Waals surface area contributed by atoms with E-state index in [1.54, 1.807) is 20.8 Å². The quantitative estimate of drug-likeness (QED) is 0.813. The molecule has 1 N–H and O–H groups in total. The van der Waals surface area contributed by atoms with Crippen molar-refractivity contribution in [2.24, 2.45) is 0 Å². The van der Waals surface area contributed by atoms with E-state index in [9.17, 15) is 14.4 Å². The topological polar surface area (TPSA) is 71.4 Å². The third-order valence-electron chi connectivity index (χ3n) is 4.54. The summed E-state index contributed by atoms with van der Waals surface area (Å²) >= 11 is 0. The molecule has 2 rings (SSSR count). The summed E-state index contributed by atoms with van der Waals surface area (Å²) in [7, 11) is 0. The highest BCUT2D eigenvalue weighted by Gasteiger charge is 2.27. The molecule has 0 radical (unpaired) electrons. The molecule has 1 aliphatic carbocycles. The Kier molecular flexibility index (Phi) is 5.50. The molecular formula is C20H22O4. The van der Waals surface area contributed by atoms with Crippen LogP contribution in [0.5, 0.6) is 0 Å². The van der Waals surface area contributed by atoms with Gasteiger partial charge in [0.15, 0.2) is 11.6 Å². The molecule has 0 saturated heterocycles. The van der Waals surface area contributed by atoms with Crippen LogP contribution < -0.4 is 0 Å². The Morgan fingerprint density at radius 2 is 1.58 bits per heavy atom. The first-order valence-corrected chi connectivity index (χ1v) is 8.07. The lowest BCUT2D eigenvalue weighted by Gasteiger charge is -2.18. The summed E-state index contributed by atoms with van der Waals surface area (Å²) in [6.45, 7) is 5.10. The van der Waals surface area contributed by atoms with Crippen molar-refractivity contribution in [3.05, 3.63) is 57.7 Å². The summed E-state index contributed by atoms with van der Waals surface area (Å²) in [5.74, 6) is -0.906. The number of carboxylic acids is 1. The molecule has 1 aromatic rings. The van der Waals surface area contributed by atoms with Crippen molar-refractivity contribution in [1.29, 1.82) is 0 Å². The number of carboxylic acid groups (broad SMARTS) is 1. The van der Waals surface area contributed by atoms with Crippen molar-refractivity contribution < 1.29 is 19.5 Å².